The SMILES string of the molecule is N#Cc1nc(I)c(C(F)F)cc1C(=O)Cl. The maximum Gasteiger partial charge on any atom is 0.266 e. The summed E-state index contributed by atoms with van der Waals surface area (Å²) in [6.45, 7) is 0. The Morgan fingerprint density at radius 2 is 2.27 bits per heavy atom. The monoisotopic (exact) mass is 342 g/mol. The summed E-state index contributed by atoms with van der Waals surface area (Å²) in [5.74, 6) is 0. The fraction of sp³-hybridized carbons (Fsp3) is 0.125. The van der Waals surface area contributed by atoms with E-state index in [9.17, 15) is 13.6 Å². The average molecular weight is 342 g/mol. The number of nitrogens with zero attached hydrogens (tertiary/aromatic N) is 2. The number of rotatable bonds is 2. The van der Waals surface area contributed by atoms with Crippen LogP contribution in [-0.4, -0.2) is 10.2 Å². The number of aromatic nitrogens is 1. The first-order chi connectivity index (χ1) is 6.97. The summed E-state index contributed by atoms with van der Waals surface area (Å²) in [7, 11) is 0. The number of nitriles is 1. The fourth-order valence-electron chi connectivity index (χ4n) is 0.894. The summed E-state index contributed by atoms with van der Waals surface area (Å²) in [5, 5.41) is 7.63. The number of alkyl halides is 2. The van der Waals surface area contributed by atoms with E-state index in [0.29, 0.717) is 0 Å². The van der Waals surface area contributed by atoms with Crippen molar-refractivity contribution in [2.75, 3.05) is 0 Å². The predicted octanol–water partition coefficient (Wildman–Crippen LogP) is 2.87. The van der Waals surface area contributed by atoms with E-state index < -0.39 is 17.2 Å². The van der Waals surface area contributed by atoms with Crippen LogP contribution < -0.4 is 0 Å². The van der Waals surface area contributed by atoms with Gasteiger partial charge in [0, 0.05) is 0 Å². The standard InChI is InChI=1S/C8H2ClF2IN2O/c9-6(15)3-1-4(7(10)11)8(12)14-5(3)2-13/h1,7H. The van der Waals surface area contributed by atoms with Crippen molar-refractivity contribution in [1.82, 2.24) is 4.98 Å². The van der Waals surface area contributed by atoms with Crippen molar-refractivity contribution >= 4 is 39.4 Å². The Kier molecular flexibility index (Phi) is 3.93. The third-order valence-corrected chi connectivity index (χ3v) is 2.62. The first-order valence-corrected chi connectivity index (χ1v) is 5.01. The van der Waals surface area contributed by atoms with Gasteiger partial charge in [-0.25, -0.2) is 13.8 Å². The van der Waals surface area contributed by atoms with Crippen LogP contribution in [0.5, 0.6) is 0 Å². The topological polar surface area (TPSA) is 53.8 Å². The minimum atomic E-state index is -2.76. The minimum absolute atomic E-state index is 0.0131. The molecule has 0 aliphatic rings. The van der Waals surface area contributed by atoms with Gasteiger partial charge < -0.3 is 0 Å². The number of pyridine rings is 1. The molecule has 0 bridgehead atoms. The van der Waals surface area contributed by atoms with Crippen molar-refractivity contribution in [3.63, 3.8) is 0 Å². The Morgan fingerprint density at radius 1 is 1.67 bits per heavy atom. The highest BCUT2D eigenvalue weighted by atomic mass is 127. The lowest BCUT2D eigenvalue weighted by Crippen LogP contribution is -2.03. The number of carbonyl (C=O) groups excluding carboxylic acids is 1. The highest BCUT2D eigenvalue weighted by molar-refractivity contribution is 14.1. The first kappa shape index (κ1) is 12.3. The van der Waals surface area contributed by atoms with Crippen molar-refractivity contribution in [3.05, 3.63) is 26.6 Å². The van der Waals surface area contributed by atoms with E-state index in [4.69, 9.17) is 16.9 Å². The zero-order chi connectivity index (χ0) is 11.6. The smallest absolute Gasteiger partial charge is 0.266 e. The maximum absolute atomic E-state index is 12.4. The first-order valence-electron chi connectivity index (χ1n) is 3.56. The van der Waals surface area contributed by atoms with Crippen LogP contribution in [-0.2, 0) is 0 Å². The van der Waals surface area contributed by atoms with Crippen molar-refractivity contribution in [2.45, 2.75) is 6.43 Å². The normalized spacial score (nSPS) is 10.1. The lowest BCUT2D eigenvalue weighted by Gasteiger charge is -2.05. The van der Waals surface area contributed by atoms with Gasteiger partial charge in [-0.1, -0.05) is 0 Å². The molecule has 0 saturated heterocycles. The van der Waals surface area contributed by atoms with Crippen molar-refractivity contribution in [2.24, 2.45) is 0 Å². The second kappa shape index (κ2) is 4.81. The summed E-state index contributed by atoms with van der Waals surface area (Å²) in [4.78, 5) is 14.4. The summed E-state index contributed by atoms with van der Waals surface area (Å²) in [5.41, 5.74) is -0.947. The van der Waals surface area contributed by atoms with Gasteiger partial charge in [-0.2, -0.15) is 5.26 Å². The molecule has 0 unspecified atom stereocenters. The molecule has 0 N–H and O–H groups in total. The molecule has 1 aromatic rings. The molecular formula is C8H2ClF2IN2O. The van der Waals surface area contributed by atoms with Crippen LogP contribution in [0.4, 0.5) is 8.78 Å². The molecule has 7 heteroatoms. The quantitative estimate of drug-likeness (QED) is 0.472. The van der Waals surface area contributed by atoms with Crippen LogP contribution in [0.3, 0.4) is 0 Å². The van der Waals surface area contributed by atoms with E-state index in [-0.39, 0.29) is 15.0 Å². The molecule has 1 heterocycles. The van der Waals surface area contributed by atoms with Gasteiger partial charge in [0.1, 0.15) is 9.77 Å². The van der Waals surface area contributed by atoms with Gasteiger partial charge in [0.2, 0.25) is 0 Å². The third kappa shape index (κ3) is 2.60. The Morgan fingerprint density at radius 3 is 2.67 bits per heavy atom. The van der Waals surface area contributed by atoms with Crippen molar-refractivity contribution in [1.29, 1.82) is 5.26 Å². The van der Waals surface area contributed by atoms with Crippen molar-refractivity contribution < 1.29 is 13.6 Å². The van der Waals surface area contributed by atoms with Gasteiger partial charge in [0.05, 0.1) is 11.1 Å². The molecule has 0 saturated carbocycles. The molecule has 1 rings (SSSR count). The number of hydrogen-bond acceptors (Lipinski definition) is 3. The van der Waals surface area contributed by atoms with Crippen LogP contribution in [0.2, 0.25) is 0 Å². The summed E-state index contributed by atoms with van der Waals surface area (Å²) < 4.78 is 24.8. The number of carbonyl (C=O) groups is 1. The molecule has 0 fully saturated rings. The largest absolute Gasteiger partial charge is 0.275 e. The van der Waals surface area contributed by atoms with Crippen LogP contribution >= 0.6 is 34.2 Å². The molecule has 0 amide bonds. The van der Waals surface area contributed by atoms with Crippen LogP contribution in [0.1, 0.15) is 28.0 Å². The third-order valence-electron chi connectivity index (χ3n) is 1.56. The Labute approximate surface area is 102 Å². The summed E-state index contributed by atoms with van der Waals surface area (Å²) in [6.07, 6.45) is -2.76. The molecule has 1 aromatic heterocycles. The molecule has 78 valence electrons. The fourth-order valence-corrected chi connectivity index (χ4v) is 1.67. The summed E-state index contributed by atoms with van der Waals surface area (Å²) >= 11 is 6.71. The second-order valence-corrected chi connectivity index (χ2v) is 3.82. The van der Waals surface area contributed by atoms with E-state index >= 15 is 0 Å². The molecule has 15 heavy (non-hydrogen) atoms. The van der Waals surface area contributed by atoms with Crippen LogP contribution in [0, 0.1) is 15.0 Å². The summed E-state index contributed by atoms with van der Waals surface area (Å²) in [6, 6.07) is 2.51. The van der Waals surface area contributed by atoms with Crippen LogP contribution in [0.25, 0.3) is 0 Å². The molecule has 0 atom stereocenters. The molecule has 3 nitrogen and oxygen atoms in total. The average Bonchev–Trinajstić information content (AvgIpc) is 2.16. The Hall–Kier alpha value is -0.810. The van der Waals surface area contributed by atoms with Gasteiger partial charge in [0.15, 0.2) is 5.69 Å². The van der Waals surface area contributed by atoms with E-state index in [1.54, 1.807) is 28.7 Å². The van der Waals surface area contributed by atoms with E-state index in [2.05, 4.69) is 4.98 Å². The molecule has 0 spiro atoms. The van der Waals surface area contributed by atoms with Gasteiger partial charge >= 0.3 is 0 Å². The number of halogens is 4. The zero-order valence-electron chi connectivity index (χ0n) is 6.97. The molecule has 0 radical (unpaired) electrons. The van der Waals surface area contributed by atoms with Gasteiger partial charge in [-0.15, -0.1) is 0 Å². The van der Waals surface area contributed by atoms with Crippen LogP contribution in [0.15, 0.2) is 6.07 Å². The maximum atomic E-state index is 12.4. The lowest BCUT2D eigenvalue weighted by atomic mass is 10.1. The van der Waals surface area contributed by atoms with Gasteiger partial charge in [-0.05, 0) is 40.3 Å². The highest BCUT2D eigenvalue weighted by Gasteiger charge is 2.19. The van der Waals surface area contributed by atoms with Crippen molar-refractivity contribution in [3.8, 4) is 6.07 Å². The van der Waals surface area contributed by atoms with E-state index in [1.165, 1.54) is 0 Å². The van der Waals surface area contributed by atoms with Gasteiger partial charge in [0.25, 0.3) is 11.7 Å². The second-order valence-electron chi connectivity index (χ2n) is 2.45. The molecular weight excluding hydrogens is 340 g/mol. The lowest BCUT2D eigenvalue weighted by molar-refractivity contribution is 0.108. The minimum Gasteiger partial charge on any atom is -0.275 e. The van der Waals surface area contributed by atoms with E-state index in [0.717, 1.165) is 6.07 Å². The predicted molar refractivity (Wildman–Crippen MR) is 56.8 cm³/mol. The molecule has 0 aromatic carbocycles. The zero-order valence-corrected chi connectivity index (χ0v) is 9.88. The molecule has 0 aliphatic carbocycles. The highest BCUT2D eigenvalue weighted by Crippen LogP contribution is 2.25. The Bertz CT molecular complexity index is 459. The molecule has 0 aliphatic heterocycles. The Balaban J connectivity index is 3.45. The van der Waals surface area contributed by atoms with Gasteiger partial charge in [-0.3, -0.25) is 4.79 Å². The number of hydrogen-bond donors (Lipinski definition) is 0. The van der Waals surface area contributed by atoms with E-state index in [1.807, 2.05) is 0 Å².